The Balaban J connectivity index is 1.29. The van der Waals surface area contributed by atoms with Gasteiger partial charge in [-0.3, -0.25) is 9.69 Å². The predicted octanol–water partition coefficient (Wildman–Crippen LogP) is 5.67. The molecule has 3 heterocycles. The molecule has 0 saturated carbocycles. The Kier molecular flexibility index (Phi) is 9.07. The van der Waals surface area contributed by atoms with E-state index < -0.39 is 5.41 Å². The van der Waals surface area contributed by atoms with E-state index in [-0.39, 0.29) is 5.97 Å². The molecule has 0 spiro atoms. The molecule has 1 fully saturated rings. The Hall–Kier alpha value is -2.38. The normalized spacial score (nSPS) is 16.0. The Morgan fingerprint density at radius 3 is 2.64 bits per heavy atom. The van der Waals surface area contributed by atoms with Crippen LogP contribution in [-0.2, 0) is 9.53 Å². The summed E-state index contributed by atoms with van der Waals surface area (Å²) in [4.78, 5) is 22.9. The molecular formula is C29H43N4O2S+. The lowest BCUT2D eigenvalue weighted by molar-refractivity contribution is -0.921. The maximum atomic E-state index is 12.8. The molecule has 7 heteroatoms. The standard InChI is InChI=1S/C29H42N4O2S/c1-5-6-7-8-9-12-15-29(3,4)28(34)35-21-32-16-18-33(19-17-32)26-23-20-22(2)36-27(23)31-25-14-11-10-13-24(25)30-26/h10-11,13-14,20,31H,5-9,12,15-19,21H2,1-4H3/p+1. The number of nitrogens with one attached hydrogen (secondary N) is 2. The van der Waals surface area contributed by atoms with Crippen LogP contribution in [0.25, 0.3) is 0 Å². The van der Waals surface area contributed by atoms with Crippen molar-refractivity contribution < 1.29 is 14.4 Å². The Bertz CT molecular complexity index is 1050. The van der Waals surface area contributed by atoms with Gasteiger partial charge in [0.2, 0.25) is 6.73 Å². The van der Waals surface area contributed by atoms with Gasteiger partial charge in [0, 0.05) is 4.88 Å². The molecule has 1 aromatic heterocycles. The summed E-state index contributed by atoms with van der Waals surface area (Å²) in [6.07, 6.45) is 8.36. The zero-order valence-electron chi connectivity index (χ0n) is 22.5. The largest absolute Gasteiger partial charge is 0.415 e. The lowest BCUT2D eigenvalue weighted by atomic mass is 9.87. The first kappa shape index (κ1) is 26.7. The van der Waals surface area contributed by atoms with Crippen LogP contribution >= 0.6 is 11.3 Å². The number of esters is 1. The van der Waals surface area contributed by atoms with E-state index in [0.29, 0.717) is 6.73 Å². The van der Waals surface area contributed by atoms with Crippen molar-refractivity contribution in [2.75, 3.05) is 38.2 Å². The average Bonchev–Trinajstić information content (AvgIpc) is 3.16. The summed E-state index contributed by atoms with van der Waals surface area (Å²) in [7, 11) is 0. The number of aliphatic imine (C=N–C) groups is 1. The number of ether oxygens (including phenoxy) is 1. The van der Waals surface area contributed by atoms with Crippen molar-refractivity contribution in [3.05, 3.63) is 40.8 Å². The lowest BCUT2D eigenvalue weighted by Crippen LogP contribution is -3.15. The molecule has 0 amide bonds. The van der Waals surface area contributed by atoms with E-state index in [4.69, 9.17) is 9.73 Å². The molecule has 1 saturated heterocycles. The van der Waals surface area contributed by atoms with Crippen LogP contribution in [-0.4, -0.2) is 49.6 Å². The number of hydrogen-bond donors (Lipinski definition) is 2. The second kappa shape index (κ2) is 12.2. The Morgan fingerprint density at radius 2 is 1.86 bits per heavy atom. The second-order valence-corrected chi connectivity index (χ2v) is 12.1. The summed E-state index contributed by atoms with van der Waals surface area (Å²) < 4.78 is 5.82. The van der Waals surface area contributed by atoms with E-state index in [0.717, 1.165) is 61.2 Å². The lowest BCUT2D eigenvalue weighted by Gasteiger charge is -2.34. The highest BCUT2D eigenvalue weighted by Gasteiger charge is 2.32. The number of unbranched alkanes of at least 4 members (excludes halogenated alkanes) is 5. The maximum absolute atomic E-state index is 12.8. The molecule has 0 radical (unpaired) electrons. The molecule has 2 aliphatic rings. The highest BCUT2D eigenvalue weighted by Crippen LogP contribution is 2.39. The smallest absolute Gasteiger partial charge is 0.315 e. The average molecular weight is 512 g/mol. The third-order valence-electron chi connectivity index (χ3n) is 7.36. The van der Waals surface area contributed by atoms with E-state index in [2.05, 4.69) is 42.3 Å². The van der Waals surface area contributed by atoms with Crippen molar-refractivity contribution >= 4 is 39.5 Å². The molecule has 2 N–H and O–H groups in total. The van der Waals surface area contributed by atoms with Gasteiger partial charge >= 0.3 is 5.97 Å². The van der Waals surface area contributed by atoms with Crippen LogP contribution in [0.3, 0.4) is 0 Å². The van der Waals surface area contributed by atoms with Crippen molar-refractivity contribution in [1.82, 2.24) is 4.90 Å². The minimum Gasteiger partial charge on any atom is -0.415 e. The fraction of sp³-hybridized carbons (Fsp3) is 0.586. The molecular weight excluding hydrogens is 468 g/mol. The summed E-state index contributed by atoms with van der Waals surface area (Å²) in [6.45, 7) is 12.5. The summed E-state index contributed by atoms with van der Waals surface area (Å²) in [5.41, 5.74) is 2.80. The van der Waals surface area contributed by atoms with E-state index in [9.17, 15) is 4.79 Å². The highest BCUT2D eigenvalue weighted by molar-refractivity contribution is 7.16. The van der Waals surface area contributed by atoms with Gasteiger partial charge in [-0.2, -0.15) is 0 Å². The zero-order chi connectivity index (χ0) is 25.5. The number of carbonyl (C=O) groups is 1. The minimum absolute atomic E-state index is 0.0554. The number of para-hydroxylation sites is 2. The molecule has 2 aliphatic heterocycles. The molecule has 36 heavy (non-hydrogen) atoms. The fourth-order valence-electron chi connectivity index (χ4n) is 4.98. The molecule has 4 rings (SSSR count). The van der Waals surface area contributed by atoms with Crippen LogP contribution < -0.4 is 10.2 Å². The number of anilines is 2. The minimum atomic E-state index is -0.408. The number of rotatable bonds is 10. The number of fused-ring (bicyclic) bond motifs is 2. The molecule has 2 aromatic rings. The van der Waals surface area contributed by atoms with E-state index >= 15 is 0 Å². The van der Waals surface area contributed by atoms with Crippen LogP contribution in [0.1, 0.15) is 76.2 Å². The van der Waals surface area contributed by atoms with Crippen molar-refractivity contribution in [2.24, 2.45) is 10.4 Å². The second-order valence-electron chi connectivity index (χ2n) is 10.9. The fourth-order valence-corrected chi connectivity index (χ4v) is 5.90. The summed E-state index contributed by atoms with van der Waals surface area (Å²) in [6, 6.07) is 10.5. The number of piperazine rings is 1. The predicted molar refractivity (Wildman–Crippen MR) is 150 cm³/mol. The maximum Gasteiger partial charge on any atom is 0.315 e. The summed E-state index contributed by atoms with van der Waals surface area (Å²) >= 11 is 1.78. The van der Waals surface area contributed by atoms with Crippen LogP contribution in [0.5, 0.6) is 0 Å². The van der Waals surface area contributed by atoms with Crippen LogP contribution in [0, 0.1) is 12.3 Å². The number of nitrogens with zero attached hydrogens (tertiary/aromatic N) is 2. The van der Waals surface area contributed by atoms with Gasteiger partial charge in [-0.05, 0) is 45.4 Å². The molecule has 0 aliphatic carbocycles. The van der Waals surface area contributed by atoms with Gasteiger partial charge < -0.3 is 15.0 Å². The van der Waals surface area contributed by atoms with Crippen LogP contribution in [0.2, 0.25) is 0 Å². The monoisotopic (exact) mass is 511 g/mol. The quantitative estimate of drug-likeness (QED) is 0.319. The van der Waals surface area contributed by atoms with Crippen LogP contribution in [0.4, 0.5) is 16.4 Å². The highest BCUT2D eigenvalue weighted by atomic mass is 32.1. The van der Waals surface area contributed by atoms with Gasteiger partial charge in [0.05, 0.1) is 48.5 Å². The van der Waals surface area contributed by atoms with Gasteiger partial charge in [-0.1, -0.05) is 57.6 Å². The topological polar surface area (TPSA) is 58.4 Å². The molecule has 6 nitrogen and oxygen atoms in total. The Morgan fingerprint density at radius 1 is 1.14 bits per heavy atom. The van der Waals surface area contributed by atoms with Gasteiger partial charge in [0.15, 0.2) is 0 Å². The zero-order valence-corrected chi connectivity index (χ0v) is 23.3. The van der Waals surface area contributed by atoms with Gasteiger partial charge in [-0.25, -0.2) is 4.99 Å². The summed E-state index contributed by atoms with van der Waals surface area (Å²) in [5, 5.41) is 4.75. The number of quaternary nitrogens is 1. The van der Waals surface area contributed by atoms with Gasteiger partial charge in [0.25, 0.3) is 0 Å². The number of aryl methyl sites for hydroxylation is 1. The number of hydrogen-bond acceptors (Lipinski definition) is 6. The van der Waals surface area contributed by atoms with E-state index in [1.807, 2.05) is 26.0 Å². The SMILES string of the molecule is CCCCCCCCC(C)(C)C(=O)OC[NH+]1CCN(C2=Nc3ccccc3Nc3sc(C)cc32)CC1. The van der Waals surface area contributed by atoms with E-state index in [1.165, 1.54) is 47.4 Å². The number of benzene rings is 1. The number of thiophene rings is 1. The van der Waals surface area contributed by atoms with Crippen molar-refractivity contribution in [2.45, 2.75) is 72.6 Å². The first-order chi connectivity index (χ1) is 17.4. The molecule has 1 aromatic carbocycles. The molecule has 196 valence electrons. The van der Waals surface area contributed by atoms with Crippen molar-refractivity contribution in [3.8, 4) is 0 Å². The van der Waals surface area contributed by atoms with Crippen molar-refractivity contribution in [3.63, 3.8) is 0 Å². The number of amidine groups is 1. The third kappa shape index (κ3) is 6.68. The Labute approximate surface area is 220 Å². The van der Waals surface area contributed by atoms with Crippen LogP contribution in [0.15, 0.2) is 35.3 Å². The molecule has 0 bridgehead atoms. The summed E-state index contributed by atoms with van der Waals surface area (Å²) in [5.74, 6) is 0.989. The first-order valence-corrected chi connectivity index (χ1v) is 14.5. The van der Waals surface area contributed by atoms with E-state index in [1.54, 1.807) is 11.3 Å². The molecule has 0 unspecified atom stereocenters. The molecule has 0 atom stereocenters. The number of carbonyl (C=O) groups excluding carboxylic acids is 1. The van der Waals surface area contributed by atoms with Gasteiger partial charge in [-0.15, -0.1) is 11.3 Å². The third-order valence-corrected chi connectivity index (χ3v) is 8.33. The van der Waals surface area contributed by atoms with Gasteiger partial charge in [0.1, 0.15) is 10.8 Å². The van der Waals surface area contributed by atoms with Crippen molar-refractivity contribution in [1.29, 1.82) is 0 Å². The first-order valence-electron chi connectivity index (χ1n) is 13.7.